The molecule has 1 unspecified atom stereocenters. The van der Waals surface area contributed by atoms with E-state index < -0.39 is 12.1 Å². The van der Waals surface area contributed by atoms with Gasteiger partial charge in [0.2, 0.25) is 5.91 Å². The maximum atomic E-state index is 11.1. The van der Waals surface area contributed by atoms with Crippen LogP contribution >= 0.6 is 0 Å². The van der Waals surface area contributed by atoms with Gasteiger partial charge >= 0.3 is 0 Å². The Bertz CT molecular complexity index is 294. The van der Waals surface area contributed by atoms with Gasteiger partial charge in [-0.1, -0.05) is 6.92 Å². The first-order chi connectivity index (χ1) is 6.60. The first-order valence-electron chi connectivity index (χ1n) is 4.76. The molecular formula is C10H16N2O2. The van der Waals surface area contributed by atoms with E-state index in [0.717, 1.165) is 5.57 Å². The molecule has 1 aliphatic heterocycles. The fraction of sp³-hybridized carbons (Fsp3) is 0.500. The molecule has 1 heterocycles. The van der Waals surface area contributed by atoms with Gasteiger partial charge in [-0.2, -0.15) is 0 Å². The van der Waals surface area contributed by atoms with Gasteiger partial charge in [0.05, 0.1) is 5.57 Å². The lowest BCUT2D eigenvalue weighted by Gasteiger charge is -2.28. The van der Waals surface area contributed by atoms with E-state index in [2.05, 4.69) is 0 Å². The van der Waals surface area contributed by atoms with Crippen LogP contribution in [0.1, 0.15) is 20.3 Å². The van der Waals surface area contributed by atoms with Gasteiger partial charge in [0.1, 0.15) is 6.23 Å². The molecule has 0 spiro atoms. The highest BCUT2D eigenvalue weighted by Gasteiger charge is 2.20. The zero-order chi connectivity index (χ0) is 10.7. The van der Waals surface area contributed by atoms with Crippen molar-refractivity contribution in [3.05, 3.63) is 23.4 Å². The third-order valence-electron chi connectivity index (χ3n) is 2.34. The van der Waals surface area contributed by atoms with E-state index in [1.807, 2.05) is 13.8 Å². The molecule has 0 radical (unpaired) electrons. The van der Waals surface area contributed by atoms with Crippen molar-refractivity contribution >= 4 is 5.91 Å². The number of carbonyl (C=O) groups is 1. The Morgan fingerprint density at radius 2 is 2.29 bits per heavy atom. The Labute approximate surface area is 83.7 Å². The minimum atomic E-state index is -0.641. The zero-order valence-corrected chi connectivity index (χ0v) is 8.53. The number of carbonyl (C=O) groups excluding carboxylic acids is 1. The van der Waals surface area contributed by atoms with Crippen molar-refractivity contribution in [1.82, 2.24) is 4.90 Å². The predicted octanol–water partition coefficient (Wildman–Crippen LogP) is 0.346. The summed E-state index contributed by atoms with van der Waals surface area (Å²) in [5.74, 6) is -0.441. The van der Waals surface area contributed by atoms with Gasteiger partial charge in [0, 0.05) is 12.7 Å². The Morgan fingerprint density at radius 1 is 1.64 bits per heavy atom. The van der Waals surface area contributed by atoms with Crippen LogP contribution in [-0.2, 0) is 4.79 Å². The largest absolute Gasteiger partial charge is 0.370 e. The molecule has 14 heavy (non-hydrogen) atoms. The number of aliphatic hydroxyl groups excluding tert-OH is 1. The van der Waals surface area contributed by atoms with Crippen LogP contribution in [0.2, 0.25) is 0 Å². The lowest BCUT2D eigenvalue weighted by Crippen LogP contribution is -2.34. The first-order valence-corrected chi connectivity index (χ1v) is 4.76. The van der Waals surface area contributed by atoms with Gasteiger partial charge in [-0.15, -0.1) is 0 Å². The van der Waals surface area contributed by atoms with Crippen LogP contribution in [-0.4, -0.2) is 28.7 Å². The van der Waals surface area contributed by atoms with Gasteiger partial charge in [0.15, 0.2) is 0 Å². The number of amides is 1. The van der Waals surface area contributed by atoms with Gasteiger partial charge in [-0.25, -0.2) is 0 Å². The molecule has 0 bridgehead atoms. The second kappa shape index (κ2) is 4.28. The number of rotatable bonds is 3. The third kappa shape index (κ3) is 1.96. The van der Waals surface area contributed by atoms with Gasteiger partial charge < -0.3 is 15.7 Å². The minimum absolute atomic E-state index is 0.441. The van der Waals surface area contributed by atoms with E-state index in [4.69, 9.17) is 5.73 Å². The van der Waals surface area contributed by atoms with Crippen molar-refractivity contribution in [3.8, 4) is 0 Å². The number of nitrogens with zero attached hydrogens (tertiary/aromatic N) is 1. The Morgan fingerprint density at radius 3 is 2.71 bits per heavy atom. The lowest BCUT2D eigenvalue weighted by atomic mass is 10.00. The minimum Gasteiger partial charge on any atom is -0.370 e. The molecule has 1 atom stereocenters. The molecule has 0 fully saturated rings. The number of nitrogens with two attached hydrogens (primary N) is 1. The standard InChI is InChI=1S/C10H16N2O2/c1-3-7-5-9(13)12(4-2)6-8(7)10(11)14/h5-6,9,13H,3-4H2,1-2H3,(H2,11,14). The lowest BCUT2D eigenvalue weighted by molar-refractivity contribution is -0.114. The molecule has 0 saturated heterocycles. The highest BCUT2D eigenvalue weighted by atomic mass is 16.3. The van der Waals surface area contributed by atoms with Crippen LogP contribution in [0, 0.1) is 0 Å². The molecule has 0 aromatic rings. The van der Waals surface area contributed by atoms with Gasteiger partial charge in [-0.05, 0) is 25.0 Å². The predicted molar refractivity (Wildman–Crippen MR) is 54.0 cm³/mol. The molecule has 0 aromatic carbocycles. The van der Waals surface area contributed by atoms with Crippen LogP contribution in [0.4, 0.5) is 0 Å². The zero-order valence-electron chi connectivity index (χ0n) is 8.53. The topological polar surface area (TPSA) is 66.6 Å². The summed E-state index contributed by atoms with van der Waals surface area (Å²) in [5, 5.41) is 9.62. The van der Waals surface area contributed by atoms with Crippen LogP contribution in [0.5, 0.6) is 0 Å². The molecular weight excluding hydrogens is 180 g/mol. The molecule has 4 heteroatoms. The molecule has 78 valence electrons. The summed E-state index contributed by atoms with van der Waals surface area (Å²) in [6, 6.07) is 0. The van der Waals surface area contributed by atoms with Crippen LogP contribution in [0.15, 0.2) is 23.4 Å². The Hall–Kier alpha value is -1.29. The van der Waals surface area contributed by atoms with Crippen molar-refractivity contribution in [3.63, 3.8) is 0 Å². The van der Waals surface area contributed by atoms with Gasteiger partial charge in [0.25, 0.3) is 0 Å². The molecule has 3 N–H and O–H groups in total. The van der Waals surface area contributed by atoms with Crippen molar-refractivity contribution in [2.45, 2.75) is 26.5 Å². The van der Waals surface area contributed by atoms with Crippen LogP contribution < -0.4 is 5.73 Å². The van der Waals surface area contributed by atoms with Crippen molar-refractivity contribution < 1.29 is 9.90 Å². The second-order valence-electron chi connectivity index (χ2n) is 3.20. The summed E-state index contributed by atoms with van der Waals surface area (Å²) >= 11 is 0. The average Bonchev–Trinajstić information content (AvgIpc) is 2.16. The first kappa shape index (κ1) is 10.8. The molecule has 1 amide bonds. The SMILES string of the molecule is CCC1=CC(O)N(CC)C=C1C(N)=O. The molecule has 0 saturated carbocycles. The second-order valence-corrected chi connectivity index (χ2v) is 3.20. The smallest absolute Gasteiger partial charge is 0.250 e. The van der Waals surface area contributed by atoms with E-state index in [1.54, 1.807) is 17.2 Å². The van der Waals surface area contributed by atoms with Crippen LogP contribution in [0.3, 0.4) is 0 Å². The highest BCUT2D eigenvalue weighted by molar-refractivity contribution is 5.96. The summed E-state index contributed by atoms with van der Waals surface area (Å²) in [7, 11) is 0. The normalized spacial score (nSPS) is 21.6. The fourth-order valence-electron chi connectivity index (χ4n) is 1.50. The number of hydrogen-bond donors (Lipinski definition) is 2. The monoisotopic (exact) mass is 196 g/mol. The molecule has 0 aliphatic carbocycles. The van der Waals surface area contributed by atoms with E-state index in [0.29, 0.717) is 18.5 Å². The van der Waals surface area contributed by atoms with E-state index in [9.17, 15) is 9.90 Å². The maximum Gasteiger partial charge on any atom is 0.250 e. The highest BCUT2D eigenvalue weighted by Crippen LogP contribution is 2.21. The summed E-state index contributed by atoms with van der Waals surface area (Å²) in [6.07, 6.45) is 3.36. The number of likely N-dealkylation sites (N-methyl/N-ethyl adjacent to an activating group) is 1. The summed E-state index contributed by atoms with van der Waals surface area (Å²) in [4.78, 5) is 12.8. The molecule has 1 rings (SSSR count). The quantitative estimate of drug-likeness (QED) is 0.684. The maximum absolute atomic E-state index is 11.1. The average molecular weight is 196 g/mol. The summed E-state index contributed by atoms with van der Waals surface area (Å²) in [6.45, 7) is 4.48. The number of primary amides is 1. The number of aliphatic hydroxyl groups is 1. The van der Waals surface area contributed by atoms with E-state index >= 15 is 0 Å². The summed E-state index contributed by atoms with van der Waals surface area (Å²) in [5.41, 5.74) is 6.55. The molecule has 4 nitrogen and oxygen atoms in total. The van der Waals surface area contributed by atoms with Crippen molar-refractivity contribution in [1.29, 1.82) is 0 Å². The van der Waals surface area contributed by atoms with Gasteiger partial charge in [-0.3, -0.25) is 4.79 Å². The van der Waals surface area contributed by atoms with Crippen molar-refractivity contribution in [2.24, 2.45) is 5.73 Å². The third-order valence-corrected chi connectivity index (χ3v) is 2.34. The fourth-order valence-corrected chi connectivity index (χ4v) is 1.50. The summed E-state index contributed by atoms with van der Waals surface area (Å²) < 4.78 is 0. The van der Waals surface area contributed by atoms with Crippen LogP contribution in [0.25, 0.3) is 0 Å². The Balaban J connectivity index is 2.99. The van der Waals surface area contributed by atoms with Crippen molar-refractivity contribution in [2.75, 3.05) is 6.54 Å². The van der Waals surface area contributed by atoms with E-state index in [-0.39, 0.29) is 0 Å². The Kier molecular flexibility index (Phi) is 3.30. The van der Waals surface area contributed by atoms with E-state index in [1.165, 1.54) is 0 Å². The molecule has 0 aromatic heterocycles. The molecule has 1 aliphatic rings. The number of hydrogen-bond acceptors (Lipinski definition) is 3.